The highest BCUT2D eigenvalue weighted by molar-refractivity contribution is 7.99. The molecule has 1 aromatic rings. The van der Waals surface area contributed by atoms with E-state index in [9.17, 15) is 4.79 Å². The van der Waals surface area contributed by atoms with E-state index in [1.54, 1.807) is 12.1 Å². The van der Waals surface area contributed by atoms with Crippen LogP contribution in [0.2, 0.25) is 0 Å². The first kappa shape index (κ1) is 15.7. The minimum absolute atomic E-state index is 0.217. The summed E-state index contributed by atoms with van der Waals surface area (Å²) in [7, 11) is 0. The second-order valence-corrected chi connectivity index (χ2v) is 5.34. The lowest BCUT2D eigenvalue weighted by molar-refractivity contribution is -0.144. The number of carbonyl (C=O) groups excluding carboxylic acids is 1. The second-order valence-electron chi connectivity index (χ2n) is 3.94. The van der Waals surface area contributed by atoms with Crippen molar-refractivity contribution in [1.29, 1.82) is 0 Å². The summed E-state index contributed by atoms with van der Waals surface area (Å²) >= 11 is 1.85. The molecule has 0 radical (unpaired) electrons. The number of nitrogens with two attached hydrogens (primary N) is 1. The quantitative estimate of drug-likeness (QED) is 0.429. The molecule has 0 bridgehead atoms. The zero-order chi connectivity index (χ0) is 13.9. The molecule has 0 unspecified atom stereocenters. The predicted octanol–water partition coefficient (Wildman–Crippen LogP) is 2.72. The van der Waals surface area contributed by atoms with E-state index in [0.717, 1.165) is 17.9 Å². The Kier molecular flexibility index (Phi) is 7.89. The third-order valence-corrected chi connectivity index (χ3v) is 3.32. The lowest BCUT2D eigenvalue weighted by atomic mass is 10.3. The number of carbonyl (C=O) groups is 1. The fraction of sp³-hybridized carbons (Fsp3) is 0.500. The second kappa shape index (κ2) is 9.55. The van der Waals surface area contributed by atoms with Crippen LogP contribution in [0.1, 0.15) is 19.8 Å². The minimum atomic E-state index is -0.217. The van der Waals surface area contributed by atoms with Gasteiger partial charge in [-0.2, -0.15) is 11.8 Å². The Bertz CT molecular complexity index is 385. The van der Waals surface area contributed by atoms with Crippen LogP contribution >= 0.6 is 11.8 Å². The van der Waals surface area contributed by atoms with Gasteiger partial charge >= 0.3 is 5.97 Å². The molecule has 0 atom stereocenters. The van der Waals surface area contributed by atoms with Gasteiger partial charge in [-0.25, -0.2) is 0 Å². The van der Waals surface area contributed by atoms with Gasteiger partial charge in [-0.3, -0.25) is 4.79 Å². The molecule has 4 nitrogen and oxygen atoms in total. The highest BCUT2D eigenvalue weighted by Crippen LogP contribution is 2.14. The SMILES string of the molecule is CCSCCCOC(=O)CCOc1cccc(N)c1. The van der Waals surface area contributed by atoms with Gasteiger partial charge < -0.3 is 15.2 Å². The van der Waals surface area contributed by atoms with E-state index in [4.69, 9.17) is 15.2 Å². The summed E-state index contributed by atoms with van der Waals surface area (Å²) < 4.78 is 10.5. The predicted molar refractivity (Wildman–Crippen MR) is 79.5 cm³/mol. The Labute approximate surface area is 118 Å². The van der Waals surface area contributed by atoms with Gasteiger partial charge in [-0.05, 0) is 30.1 Å². The molecule has 0 heterocycles. The van der Waals surface area contributed by atoms with Gasteiger partial charge in [0.1, 0.15) is 5.75 Å². The van der Waals surface area contributed by atoms with Crippen LogP contribution in [-0.2, 0) is 9.53 Å². The Morgan fingerprint density at radius 2 is 2.21 bits per heavy atom. The number of ether oxygens (including phenoxy) is 2. The van der Waals surface area contributed by atoms with Crippen molar-refractivity contribution in [1.82, 2.24) is 0 Å². The number of benzene rings is 1. The molecule has 1 aromatic carbocycles. The van der Waals surface area contributed by atoms with Crippen molar-refractivity contribution in [3.8, 4) is 5.75 Å². The van der Waals surface area contributed by atoms with Crippen LogP contribution in [0.25, 0.3) is 0 Å². The molecule has 0 spiro atoms. The summed E-state index contributed by atoms with van der Waals surface area (Å²) in [5.74, 6) is 2.59. The maximum atomic E-state index is 11.4. The largest absolute Gasteiger partial charge is 0.493 e. The van der Waals surface area contributed by atoms with E-state index < -0.39 is 0 Å². The molecule has 0 aliphatic rings. The molecule has 0 fully saturated rings. The Morgan fingerprint density at radius 1 is 1.37 bits per heavy atom. The van der Waals surface area contributed by atoms with E-state index in [1.807, 2.05) is 23.9 Å². The van der Waals surface area contributed by atoms with Gasteiger partial charge in [0.15, 0.2) is 0 Å². The van der Waals surface area contributed by atoms with Crippen LogP contribution in [0.4, 0.5) is 5.69 Å². The van der Waals surface area contributed by atoms with Gasteiger partial charge in [-0.15, -0.1) is 0 Å². The first-order chi connectivity index (χ1) is 9.22. The smallest absolute Gasteiger partial charge is 0.309 e. The lowest BCUT2D eigenvalue weighted by Crippen LogP contribution is -2.11. The summed E-state index contributed by atoms with van der Waals surface area (Å²) in [6.45, 7) is 2.92. The first-order valence-electron chi connectivity index (χ1n) is 6.44. The Morgan fingerprint density at radius 3 is 2.95 bits per heavy atom. The third kappa shape index (κ3) is 7.62. The molecule has 0 saturated heterocycles. The highest BCUT2D eigenvalue weighted by Gasteiger charge is 2.03. The fourth-order valence-corrected chi connectivity index (χ4v) is 2.03. The minimum Gasteiger partial charge on any atom is -0.493 e. The average molecular weight is 283 g/mol. The fourth-order valence-electron chi connectivity index (χ4n) is 1.42. The Balaban J connectivity index is 2.07. The van der Waals surface area contributed by atoms with E-state index in [2.05, 4.69) is 6.92 Å². The van der Waals surface area contributed by atoms with Gasteiger partial charge in [-0.1, -0.05) is 13.0 Å². The monoisotopic (exact) mass is 283 g/mol. The molecular formula is C14H21NO3S. The molecule has 19 heavy (non-hydrogen) atoms. The van der Waals surface area contributed by atoms with Crippen molar-refractivity contribution in [2.75, 3.05) is 30.5 Å². The van der Waals surface area contributed by atoms with E-state index >= 15 is 0 Å². The Hall–Kier alpha value is -1.36. The average Bonchev–Trinajstić information content (AvgIpc) is 2.38. The van der Waals surface area contributed by atoms with Gasteiger partial charge in [0.05, 0.1) is 19.6 Å². The van der Waals surface area contributed by atoms with Crippen molar-refractivity contribution >= 4 is 23.4 Å². The van der Waals surface area contributed by atoms with Crippen molar-refractivity contribution in [3.05, 3.63) is 24.3 Å². The standard InChI is InChI=1S/C14H21NO3S/c1-2-19-10-4-8-18-14(16)7-9-17-13-6-3-5-12(15)11-13/h3,5-6,11H,2,4,7-10,15H2,1H3. The van der Waals surface area contributed by atoms with Crippen LogP contribution in [0.15, 0.2) is 24.3 Å². The van der Waals surface area contributed by atoms with Crippen molar-refractivity contribution in [2.24, 2.45) is 0 Å². The summed E-state index contributed by atoms with van der Waals surface area (Å²) in [4.78, 5) is 11.4. The highest BCUT2D eigenvalue weighted by atomic mass is 32.2. The van der Waals surface area contributed by atoms with Crippen molar-refractivity contribution in [2.45, 2.75) is 19.8 Å². The first-order valence-corrected chi connectivity index (χ1v) is 7.59. The summed E-state index contributed by atoms with van der Waals surface area (Å²) in [5.41, 5.74) is 6.27. The summed E-state index contributed by atoms with van der Waals surface area (Å²) in [5, 5.41) is 0. The molecule has 0 aliphatic heterocycles. The third-order valence-electron chi connectivity index (χ3n) is 2.33. The van der Waals surface area contributed by atoms with E-state index in [-0.39, 0.29) is 12.4 Å². The topological polar surface area (TPSA) is 61.5 Å². The molecule has 1 rings (SSSR count). The maximum absolute atomic E-state index is 11.4. The number of hydrogen-bond acceptors (Lipinski definition) is 5. The maximum Gasteiger partial charge on any atom is 0.309 e. The molecular weight excluding hydrogens is 262 g/mol. The van der Waals surface area contributed by atoms with Crippen LogP contribution in [0.5, 0.6) is 5.75 Å². The van der Waals surface area contributed by atoms with Gasteiger partial charge in [0.2, 0.25) is 0 Å². The van der Waals surface area contributed by atoms with Crippen LogP contribution in [0.3, 0.4) is 0 Å². The number of esters is 1. The van der Waals surface area contributed by atoms with Crippen molar-refractivity contribution in [3.63, 3.8) is 0 Å². The lowest BCUT2D eigenvalue weighted by Gasteiger charge is -2.07. The number of hydrogen-bond donors (Lipinski definition) is 1. The zero-order valence-corrected chi connectivity index (χ0v) is 12.1. The van der Waals surface area contributed by atoms with E-state index in [1.165, 1.54) is 0 Å². The molecule has 5 heteroatoms. The molecule has 0 aromatic heterocycles. The van der Waals surface area contributed by atoms with Crippen molar-refractivity contribution < 1.29 is 14.3 Å². The molecule has 2 N–H and O–H groups in total. The van der Waals surface area contributed by atoms with Crippen LogP contribution in [-0.4, -0.2) is 30.7 Å². The molecule has 106 valence electrons. The molecule has 0 aliphatic carbocycles. The van der Waals surface area contributed by atoms with E-state index in [0.29, 0.717) is 24.7 Å². The number of anilines is 1. The van der Waals surface area contributed by atoms with Gasteiger partial charge in [0, 0.05) is 11.8 Å². The number of nitrogen functional groups attached to an aromatic ring is 1. The van der Waals surface area contributed by atoms with Crippen LogP contribution in [0, 0.1) is 0 Å². The zero-order valence-electron chi connectivity index (χ0n) is 11.3. The summed E-state index contributed by atoms with van der Waals surface area (Å²) in [6.07, 6.45) is 1.16. The molecule has 0 amide bonds. The number of rotatable bonds is 9. The van der Waals surface area contributed by atoms with Crippen LogP contribution < -0.4 is 10.5 Å². The molecule has 0 saturated carbocycles. The number of thioether (sulfide) groups is 1. The van der Waals surface area contributed by atoms with Gasteiger partial charge in [0.25, 0.3) is 0 Å². The normalized spacial score (nSPS) is 10.2. The summed E-state index contributed by atoms with van der Waals surface area (Å²) in [6, 6.07) is 7.14.